The van der Waals surface area contributed by atoms with Crippen LogP contribution in [-0.2, 0) is 14.3 Å². The summed E-state index contributed by atoms with van der Waals surface area (Å²) in [7, 11) is 0. The molecule has 2 aromatic carbocycles. The lowest BCUT2D eigenvalue weighted by Gasteiger charge is -2.37. The second-order valence-electron chi connectivity index (χ2n) is 7.65. The number of amides is 2. The zero-order chi connectivity index (χ0) is 22.5. The lowest BCUT2D eigenvalue weighted by atomic mass is 10.1. The number of hydrogen-bond donors (Lipinski definition) is 0. The zero-order valence-corrected chi connectivity index (χ0v) is 18.0. The third-order valence-electron chi connectivity index (χ3n) is 5.63. The van der Waals surface area contributed by atoms with Crippen molar-refractivity contribution in [3.63, 3.8) is 0 Å². The van der Waals surface area contributed by atoms with Crippen LogP contribution in [0, 0.1) is 0 Å². The van der Waals surface area contributed by atoms with Gasteiger partial charge in [-0.3, -0.25) is 14.6 Å². The van der Waals surface area contributed by atoms with E-state index in [0.29, 0.717) is 31.7 Å². The molecule has 8 nitrogen and oxygen atoms in total. The van der Waals surface area contributed by atoms with Crippen molar-refractivity contribution >= 4 is 29.2 Å². The predicted molar refractivity (Wildman–Crippen MR) is 120 cm³/mol. The highest BCUT2D eigenvalue weighted by atomic mass is 16.5. The third kappa shape index (κ3) is 4.49. The minimum Gasteiger partial charge on any atom is -0.461 e. The Morgan fingerprint density at radius 3 is 2.12 bits per heavy atom. The monoisotopic (exact) mass is 434 g/mol. The normalized spacial score (nSPS) is 18.3. The van der Waals surface area contributed by atoms with Gasteiger partial charge in [0.05, 0.1) is 12.3 Å². The predicted octanol–water partition coefficient (Wildman–Crippen LogP) is 2.17. The van der Waals surface area contributed by atoms with Gasteiger partial charge in [-0.25, -0.2) is 4.79 Å². The average Bonchev–Trinajstić information content (AvgIpc) is 3.30. The third-order valence-corrected chi connectivity index (χ3v) is 5.63. The van der Waals surface area contributed by atoms with E-state index in [-0.39, 0.29) is 30.6 Å². The summed E-state index contributed by atoms with van der Waals surface area (Å²) in [4.78, 5) is 41.9. The summed E-state index contributed by atoms with van der Waals surface area (Å²) < 4.78 is 5.10. The van der Waals surface area contributed by atoms with Crippen LogP contribution in [0.5, 0.6) is 0 Å². The smallest absolute Gasteiger partial charge is 0.354 e. The van der Waals surface area contributed by atoms with E-state index in [1.54, 1.807) is 33.9 Å². The summed E-state index contributed by atoms with van der Waals surface area (Å²) in [5, 5.41) is 6.03. The number of carbonyl (C=O) groups is 3. The summed E-state index contributed by atoms with van der Waals surface area (Å²) in [6, 6.07) is 17.9. The van der Waals surface area contributed by atoms with Crippen molar-refractivity contribution in [2.24, 2.45) is 5.10 Å². The van der Waals surface area contributed by atoms with Gasteiger partial charge in [-0.05, 0) is 31.2 Å². The highest BCUT2D eigenvalue weighted by Crippen LogP contribution is 2.26. The number of benzene rings is 2. The van der Waals surface area contributed by atoms with Gasteiger partial charge in [-0.2, -0.15) is 5.10 Å². The minimum atomic E-state index is -0.617. The molecule has 4 rings (SSSR count). The van der Waals surface area contributed by atoms with E-state index >= 15 is 0 Å². The minimum absolute atomic E-state index is 0.0302. The van der Waals surface area contributed by atoms with E-state index in [0.717, 1.165) is 5.69 Å². The Morgan fingerprint density at radius 1 is 0.906 bits per heavy atom. The molecule has 2 aromatic rings. The molecule has 32 heavy (non-hydrogen) atoms. The SMILES string of the molecule is CCOC(=O)C1=NN(c2ccccc2)C(C(=O)N2CCN(C(=O)c3ccccc3)CC2)C1. The first-order valence-corrected chi connectivity index (χ1v) is 10.8. The standard InChI is InChI=1S/C24H26N4O4/c1-2-32-24(31)20-17-21(28(25-20)19-11-7-4-8-12-19)23(30)27-15-13-26(14-16-27)22(29)18-9-5-3-6-10-18/h3-12,21H,2,13-17H2,1H3. The molecule has 0 spiro atoms. The van der Waals surface area contributed by atoms with Gasteiger partial charge < -0.3 is 14.5 Å². The van der Waals surface area contributed by atoms with Crippen molar-refractivity contribution in [1.29, 1.82) is 0 Å². The van der Waals surface area contributed by atoms with Gasteiger partial charge in [0.2, 0.25) is 5.91 Å². The fourth-order valence-corrected chi connectivity index (χ4v) is 3.96. The first-order valence-electron chi connectivity index (χ1n) is 10.8. The summed E-state index contributed by atoms with van der Waals surface area (Å²) in [6.07, 6.45) is 0.190. The number of hydrazone groups is 1. The Balaban J connectivity index is 1.45. The Kier molecular flexibility index (Phi) is 6.49. The van der Waals surface area contributed by atoms with Crippen LogP contribution in [0.1, 0.15) is 23.7 Å². The van der Waals surface area contributed by atoms with Crippen molar-refractivity contribution in [1.82, 2.24) is 9.80 Å². The van der Waals surface area contributed by atoms with Crippen molar-refractivity contribution in [3.8, 4) is 0 Å². The summed E-state index contributed by atoms with van der Waals surface area (Å²) in [6.45, 7) is 3.78. The van der Waals surface area contributed by atoms with Crippen LogP contribution < -0.4 is 5.01 Å². The van der Waals surface area contributed by atoms with Crippen molar-refractivity contribution in [2.45, 2.75) is 19.4 Å². The number of para-hydroxylation sites is 1. The molecule has 8 heteroatoms. The number of anilines is 1. The fraction of sp³-hybridized carbons (Fsp3) is 0.333. The molecule has 2 amide bonds. The molecule has 0 aromatic heterocycles. The largest absolute Gasteiger partial charge is 0.461 e. The lowest BCUT2D eigenvalue weighted by molar-refractivity contribution is -0.135. The Morgan fingerprint density at radius 2 is 1.50 bits per heavy atom. The molecule has 0 bridgehead atoms. The van der Waals surface area contributed by atoms with Crippen LogP contribution in [0.3, 0.4) is 0 Å². The molecule has 1 fully saturated rings. The Labute approximate surface area is 187 Å². The molecule has 1 atom stereocenters. The molecule has 0 saturated carbocycles. The maximum atomic E-state index is 13.4. The topological polar surface area (TPSA) is 82.5 Å². The maximum absolute atomic E-state index is 13.4. The molecule has 1 saturated heterocycles. The summed E-state index contributed by atoms with van der Waals surface area (Å²) >= 11 is 0. The lowest BCUT2D eigenvalue weighted by Crippen LogP contribution is -2.54. The van der Waals surface area contributed by atoms with Crippen LogP contribution >= 0.6 is 0 Å². The number of esters is 1. The molecule has 0 N–H and O–H groups in total. The maximum Gasteiger partial charge on any atom is 0.354 e. The summed E-state index contributed by atoms with van der Waals surface area (Å²) in [5.41, 5.74) is 1.63. The van der Waals surface area contributed by atoms with E-state index in [1.807, 2.05) is 48.5 Å². The van der Waals surface area contributed by atoms with Crippen molar-refractivity contribution < 1.29 is 19.1 Å². The molecule has 166 valence electrons. The second-order valence-corrected chi connectivity index (χ2v) is 7.65. The van der Waals surface area contributed by atoms with Crippen LogP contribution in [0.15, 0.2) is 65.8 Å². The summed E-state index contributed by atoms with van der Waals surface area (Å²) in [5.74, 6) is -0.636. The number of ether oxygens (including phenoxy) is 1. The van der Waals surface area contributed by atoms with Gasteiger partial charge in [0.1, 0.15) is 11.8 Å². The molecule has 2 aliphatic heterocycles. The van der Waals surface area contributed by atoms with Crippen LogP contribution in [0.2, 0.25) is 0 Å². The quantitative estimate of drug-likeness (QED) is 0.674. The van der Waals surface area contributed by atoms with E-state index in [4.69, 9.17) is 4.74 Å². The van der Waals surface area contributed by atoms with Gasteiger partial charge in [0.15, 0.2) is 0 Å². The molecule has 2 aliphatic rings. The van der Waals surface area contributed by atoms with Crippen LogP contribution in [0.4, 0.5) is 5.69 Å². The van der Waals surface area contributed by atoms with Gasteiger partial charge in [0.25, 0.3) is 5.91 Å². The molecule has 0 aliphatic carbocycles. The number of rotatable bonds is 5. The zero-order valence-electron chi connectivity index (χ0n) is 18.0. The van der Waals surface area contributed by atoms with E-state index in [9.17, 15) is 14.4 Å². The van der Waals surface area contributed by atoms with Gasteiger partial charge >= 0.3 is 5.97 Å². The second kappa shape index (κ2) is 9.64. The number of piperazine rings is 1. The average molecular weight is 434 g/mol. The van der Waals surface area contributed by atoms with Crippen molar-refractivity contribution in [3.05, 3.63) is 66.2 Å². The van der Waals surface area contributed by atoms with Crippen molar-refractivity contribution in [2.75, 3.05) is 37.8 Å². The van der Waals surface area contributed by atoms with E-state index < -0.39 is 12.0 Å². The number of nitrogens with zero attached hydrogens (tertiary/aromatic N) is 4. The Bertz CT molecular complexity index is 1000. The first-order chi connectivity index (χ1) is 15.6. The highest BCUT2D eigenvalue weighted by molar-refractivity contribution is 6.38. The van der Waals surface area contributed by atoms with Gasteiger partial charge in [-0.1, -0.05) is 36.4 Å². The molecule has 2 heterocycles. The Hall–Kier alpha value is -3.68. The fourth-order valence-electron chi connectivity index (χ4n) is 3.96. The first kappa shape index (κ1) is 21.5. The molecule has 0 radical (unpaired) electrons. The molecular formula is C24H26N4O4. The van der Waals surface area contributed by atoms with E-state index in [1.165, 1.54) is 0 Å². The molecule has 1 unspecified atom stereocenters. The molecular weight excluding hydrogens is 408 g/mol. The number of carbonyl (C=O) groups excluding carboxylic acids is 3. The van der Waals surface area contributed by atoms with Gasteiger partial charge in [0, 0.05) is 38.2 Å². The van der Waals surface area contributed by atoms with E-state index in [2.05, 4.69) is 5.10 Å². The highest BCUT2D eigenvalue weighted by Gasteiger charge is 2.39. The number of hydrogen-bond acceptors (Lipinski definition) is 6. The van der Waals surface area contributed by atoms with Crippen LogP contribution in [-0.4, -0.2) is 72.1 Å². The van der Waals surface area contributed by atoms with Gasteiger partial charge in [-0.15, -0.1) is 0 Å². The van der Waals surface area contributed by atoms with Crippen LogP contribution in [0.25, 0.3) is 0 Å².